The summed E-state index contributed by atoms with van der Waals surface area (Å²) in [4.78, 5) is 21.4. The first kappa shape index (κ1) is 19.0. The summed E-state index contributed by atoms with van der Waals surface area (Å²) in [5.41, 5.74) is 7.29. The van der Waals surface area contributed by atoms with Crippen LogP contribution in [0.2, 0.25) is 0 Å². The Kier molecular flexibility index (Phi) is 4.49. The molecule has 0 spiro atoms. The van der Waals surface area contributed by atoms with E-state index in [1.54, 1.807) is 4.90 Å². The third kappa shape index (κ3) is 3.41. The smallest absolute Gasteiger partial charge is 0.410 e. The molecular formula is C20H25FN4O2S. The van der Waals surface area contributed by atoms with Gasteiger partial charge in [-0.15, -0.1) is 11.3 Å². The number of carbonyl (C=O) groups is 1. The zero-order chi connectivity index (χ0) is 20.2. The summed E-state index contributed by atoms with van der Waals surface area (Å²) in [6.07, 6.45) is 0.664. The van der Waals surface area contributed by atoms with Crippen molar-refractivity contribution >= 4 is 28.2 Å². The van der Waals surface area contributed by atoms with Crippen molar-refractivity contribution in [3.63, 3.8) is 0 Å². The third-order valence-corrected chi connectivity index (χ3v) is 5.96. The molecule has 2 fully saturated rings. The number of thiazole rings is 1. The van der Waals surface area contributed by atoms with Gasteiger partial charge in [-0.05, 0) is 46.2 Å². The third-order valence-electron chi connectivity index (χ3n) is 5.16. The van der Waals surface area contributed by atoms with E-state index in [0.29, 0.717) is 23.9 Å². The number of halogens is 1. The average molecular weight is 405 g/mol. The molecule has 2 aliphatic rings. The van der Waals surface area contributed by atoms with Crippen molar-refractivity contribution in [1.29, 1.82) is 0 Å². The predicted molar refractivity (Wildman–Crippen MR) is 109 cm³/mol. The van der Waals surface area contributed by atoms with Gasteiger partial charge in [-0.3, -0.25) is 0 Å². The second-order valence-corrected chi connectivity index (χ2v) is 9.69. The van der Waals surface area contributed by atoms with E-state index in [0.717, 1.165) is 22.6 Å². The lowest BCUT2D eigenvalue weighted by Crippen LogP contribution is -2.70. The quantitative estimate of drug-likeness (QED) is 0.818. The molecule has 0 aliphatic carbocycles. The number of nitrogen functional groups attached to an aromatic ring is 1. The van der Waals surface area contributed by atoms with E-state index in [4.69, 9.17) is 10.5 Å². The molecule has 2 unspecified atom stereocenters. The SMILES string of the molecule is Cc1sc(N)nc1-c1ccc(N2C3CC2CN(C(=O)OC(C)(C)C)C3)c(F)c1. The van der Waals surface area contributed by atoms with Gasteiger partial charge in [0.2, 0.25) is 0 Å². The van der Waals surface area contributed by atoms with Gasteiger partial charge in [0.05, 0.1) is 11.4 Å². The van der Waals surface area contributed by atoms with Crippen LogP contribution in [0.5, 0.6) is 0 Å². The average Bonchev–Trinajstić information content (AvgIpc) is 2.93. The second kappa shape index (κ2) is 6.62. The number of benzene rings is 1. The molecule has 0 saturated carbocycles. The minimum Gasteiger partial charge on any atom is -0.444 e. The maximum absolute atomic E-state index is 14.9. The van der Waals surface area contributed by atoms with Crippen LogP contribution in [-0.2, 0) is 4.74 Å². The Hall–Kier alpha value is -2.35. The summed E-state index contributed by atoms with van der Waals surface area (Å²) >= 11 is 1.40. The molecule has 2 aliphatic heterocycles. The summed E-state index contributed by atoms with van der Waals surface area (Å²) < 4.78 is 20.4. The van der Waals surface area contributed by atoms with Gasteiger partial charge in [0, 0.05) is 35.6 Å². The van der Waals surface area contributed by atoms with Crippen LogP contribution in [0, 0.1) is 12.7 Å². The fraction of sp³-hybridized carbons (Fsp3) is 0.500. The highest BCUT2D eigenvalue weighted by Gasteiger charge is 2.47. The predicted octanol–water partition coefficient (Wildman–Crippen LogP) is 4.04. The van der Waals surface area contributed by atoms with Crippen LogP contribution in [0.3, 0.4) is 0 Å². The number of nitrogens with zero attached hydrogens (tertiary/aromatic N) is 3. The summed E-state index contributed by atoms with van der Waals surface area (Å²) in [5, 5.41) is 0.483. The van der Waals surface area contributed by atoms with Gasteiger partial charge >= 0.3 is 6.09 Å². The van der Waals surface area contributed by atoms with Gasteiger partial charge in [0.25, 0.3) is 0 Å². The van der Waals surface area contributed by atoms with E-state index in [1.807, 2.05) is 39.8 Å². The number of fused-ring (bicyclic) bond motifs is 2. The molecule has 1 amide bonds. The van der Waals surface area contributed by atoms with E-state index >= 15 is 0 Å². The summed E-state index contributed by atoms with van der Waals surface area (Å²) in [6, 6.07) is 5.45. The molecule has 2 N–H and O–H groups in total. The molecule has 6 nitrogen and oxygen atoms in total. The van der Waals surface area contributed by atoms with Gasteiger partial charge in [-0.25, -0.2) is 14.2 Å². The Morgan fingerprint density at radius 3 is 2.54 bits per heavy atom. The zero-order valence-corrected chi connectivity index (χ0v) is 17.3. The highest BCUT2D eigenvalue weighted by atomic mass is 32.1. The number of rotatable bonds is 2. The van der Waals surface area contributed by atoms with E-state index in [2.05, 4.69) is 9.88 Å². The van der Waals surface area contributed by atoms with Gasteiger partial charge in [-0.2, -0.15) is 0 Å². The fourth-order valence-corrected chi connectivity index (χ4v) is 4.74. The first-order valence-electron chi connectivity index (χ1n) is 9.41. The Labute approximate surface area is 168 Å². The van der Waals surface area contributed by atoms with Crippen LogP contribution in [-0.4, -0.2) is 46.8 Å². The standard InChI is InChI=1S/C20H25FN4O2S/c1-11-17(23-18(22)28-11)12-5-6-16(15(21)7-12)25-13-8-14(25)10-24(9-13)19(26)27-20(2,3)4/h5-7,13-14H,8-10H2,1-4H3,(H2,22,23). The van der Waals surface area contributed by atoms with Crippen molar-refractivity contribution in [3.05, 3.63) is 28.9 Å². The van der Waals surface area contributed by atoms with E-state index < -0.39 is 5.60 Å². The Morgan fingerprint density at radius 1 is 1.32 bits per heavy atom. The molecule has 2 saturated heterocycles. The molecule has 1 aromatic carbocycles. The molecule has 8 heteroatoms. The van der Waals surface area contributed by atoms with Gasteiger partial charge < -0.3 is 20.3 Å². The zero-order valence-electron chi connectivity index (χ0n) is 16.5. The largest absolute Gasteiger partial charge is 0.444 e. The number of hydrogen-bond acceptors (Lipinski definition) is 6. The van der Waals surface area contributed by atoms with Gasteiger partial charge in [0.1, 0.15) is 11.4 Å². The molecule has 3 heterocycles. The number of ether oxygens (including phenoxy) is 1. The number of anilines is 2. The molecular weight excluding hydrogens is 379 g/mol. The lowest BCUT2D eigenvalue weighted by molar-refractivity contribution is 0.00847. The number of carbonyl (C=O) groups excluding carboxylic acids is 1. The number of piperidine rings is 1. The van der Waals surface area contributed by atoms with E-state index in [1.165, 1.54) is 17.4 Å². The molecule has 1 aromatic heterocycles. The maximum Gasteiger partial charge on any atom is 0.410 e. The van der Waals surface area contributed by atoms with Crippen molar-refractivity contribution in [2.24, 2.45) is 0 Å². The lowest BCUT2D eigenvalue weighted by atomic mass is 9.86. The normalized spacial score (nSPS) is 21.5. The number of aromatic nitrogens is 1. The maximum atomic E-state index is 14.9. The number of piperazine rings is 1. The monoisotopic (exact) mass is 404 g/mol. The van der Waals surface area contributed by atoms with Crippen LogP contribution >= 0.6 is 11.3 Å². The number of nitrogens with two attached hydrogens (primary N) is 1. The van der Waals surface area contributed by atoms with Crippen LogP contribution in [0.4, 0.5) is 20.0 Å². The van der Waals surface area contributed by atoms with Crippen LogP contribution in [0.15, 0.2) is 18.2 Å². The van der Waals surface area contributed by atoms with Crippen LogP contribution in [0.25, 0.3) is 11.3 Å². The van der Waals surface area contributed by atoms with E-state index in [-0.39, 0.29) is 24.0 Å². The van der Waals surface area contributed by atoms with Crippen molar-refractivity contribution in [1.82, 2.24) is 9.88 Å². The molecule has 2 aromatic rings. The van der Waals surface area contributed by atoms with Gasteiger partial charge in [0.15, 0.2) is 5.13 Å². The molecule has 28 heavy (non-hydrogen) atoms. The Morgan fingerprint density at radius 2 is 2.00 bits per heavy atom. The highest BCUT2D eigenvalue weighted by Crippen LogP contribution is 2.40. The minimum atomic E-state index is -0.516. The number of amides is 1. The van der Waals surface area contributed by atoms with E-state index in [9.17, 15) is 9.18 Å². The summed E-state index contributed by atoms with van der Waals surface area (Å²) in [7, 11) is 0. The molecule has 0 radical (unpaired) electrons. The Bertz CT molecular complexity index is 911. The fourth-order valence-electron chi connectivity index (χ4n) is 4.03. The van der Waals surface area contributed by atoms with Crippen molar-refractivity contribution in [3.8, 4) is 11.3 Å². The molecule has 2 atom stereocenters. The number of aryl methyl sites for hydroxylation is 1. The Balaban J connectivity index is 1.50. The summed E-state index contributed by atoms with van der Waals surface area (Å²) in [5.74, 6) is -0.274. The molecule has 150 valence electrons. The first-order valence-corrected chi connectivity index (χ1v) is 10.2. The highest BCUT2D eigenvalue weighted by molar-refractivity contribution is 7.15. The number of hydrogen-bond donors (Lipinski definition) is 1. The topological polar surface area (TPSA) is 71.7 Å². The first-order chi connectivity index (χ1) is 13.1. The molecule has 2 bridgehead atoms. The summed E-state index contributed by atoms with van der Waals surface area (Å²) in [6.45, 7) is 8.60. The molecule has 4 rings (SSSR count). The second-order valence-electron chi connectivity index (χ2n) is 8.46. The van der Waals surface area contributed by atoms with Crippen LogP contribution in [0.1, 0.15) is 32.1 Å². The lowest BCUT2D eigenvalue weighted by Gasteiger charge is -2.57. The number of likely N-dealkylation sites (tertiary alicyclic amines) is 1. The minimum absolute atomic E-state index is 0.114. The van der Waals surface area contributed by atoms with Crippen molar-refractivity contribution in [2.75, 3.05) is 23.7 Å². The van der Waals surface area contributed by atoms with Crippen LogP contribution < -0.4 is 10.6 Å². The van der Waals surface area contributed by atoms with Gasteiger partial charge in [-0.1, -0.05) is 6.07 Å². The van der Waals surface area contributed by atoms with Crippen molar-refractivity contribution in [2.45, 2.75) is 51.8 Å². The van der Waals surface area contributed by atoms with Crippen molar-refractivity contribution < 1.29 is 13.9 Å².